The fourth-order valence-electron chi connectivity index (χ4n) is 2.09. The molecule has 1 rings (SSSR count). The molecule has 0 fully saturated rings. The summed E-state index contributed by atoms with van der Waals surface area (Å²) < 4.78 is 14.9. The molecule has 1 aromatic carbocycles. The smallest absolute Gasteiger partial charge is 0.459 e. The van der Waals surface area contributed by atoms with Gasteiger partial charge in [-0.3, -0.25) is 0 Å². The molecule has 0 aromatic heterocycles. The zero-order valence-corrected chi connectivity index (χ0v) is 14.2. The van der Waals surface area contributed by atoms with Gasteiger partial charge in [-0.2, -0.15) is 0 Å². The Morgan fingerprint density at radius 1 is 1.09 bits per heavy atom. The molecule has 1 unspecified atom stereocenters. The maximum absolute atomic E-state index is 12.0. The lowest BCUT2D eigenvalue weighted by molar-refractivity contribution is 0.0276. The number of hydrogen-bond donors (Lipinski definition) is 0. The summed E-state index contributed by atoms with van der Waals surface area (Å²) in [6.07, 6.45) is 2.43. The fraction of sp³-hybridized carbons (Fsp3) is 0.556. The van der Waals surface area contributed by atoms with Gasteiger partial charge in [0.25, 0.3) is 0 Å². The minimum atomic E-state index is -0.663. The minimum absolute atomic E-state index is 0.233. The number of esters is 1. The van der Waals surface area contributed by atoms with E-state index in [-0.39, 0.29) is 18.7 Å². The number of benzene rings is 1. The van der Waals surface area contributed by atoms with E-state index in [1.165, 1.54) is 5.56 Å². The van der Waals surface area contributed by atoms with Gasteiger partial charge < -0.3 is 14.2 Å². The van der Waals surface area contributed by atoms with Crippen molar-refractivity contribution in [3.63, 3.8) is 0 Å². The normalized spacial score (nSPS) is 11.6. The van der Waals surface area contributed by atoms with E-state index >= 15 is 0 Å². The Kier molecular flexibility index (Phi) is 8.80. The lowest BCUT2D eigenvalue weighted by Gasteiger charge is -2.13. The van der Waals surface area contributed by atoms with Crippen LogP contribution in [-0.4, -0.2) is 31.4 Å². The van der Waals surface area contributed by atoms with E-state index in [1.54, 1.807) is 19.1 Å². The number of ether oxygens (including phenoxy) is 3. The molecular weight excluding hydrogens is 296 g/mol. The Morgan fingerprint density at radius 2 is 1.78 bits per heavy atom. The van der Waals surface area contributed by atoms with Crippen molar-refractivity contribution in [1.29, 1.82) is 0 Å². The first kappa shape index (κ1) is 19.0. The molecule has 1 aromatic rings. The van der Waals surface area contributed by atoms with Crippen molar-refractivity contribution in [2.75, 3.05) is 13.2 Å². The van der Waals surface area contributed by atoms with Crippen LogP contribution in [0.3, 0.4) is 0 Å². The standard InChI is InChI=1S/C18H26O5/c1-4-7-15-9-11-16(12-10-15)17(19)23-14(3)8-6-13-22-18(20)21-5-2/h9-12,14H,4-8,13H2,1-3H3. The molecule has 0 radical (unpaired) electrons. The highest BCUT2D eigenvalue weighted by molar-refractivity contribution is 5.89. The molecular formula is C18H26O5. The average molecular weight is 322 g/mol. The molecule has 1 atom stereocenters. The summed E-state index contributed by atoms with van der Waals surface area (Å²) in [5.41, 5.74) is 1.77. The first-order valence-corrected chi connectivity index (χ1v) is 8.16. The number of carbonyl (C=O) groups is 2. The molecule has 23 heavy (non-hydrogen) atoms. The number of rotatable bonds is 9. The fourth-order valence-corrected chi connectivity index (χ4v) is 2.09. The van der Waals surface area contributed by atoms with Crippen LogP contribution in [0.5, 0.6) is 0 Å². The lowest BCUT2D eigenvalue weighted by atomic mass is 10.1. The van der Waals surface area contributed by atoms with Gasteiger partial charge in [0.15, 0.2) is 0 Å². The predicted octanol–water partition coefficient (Wildman–Crippen LogP) is 4.14. The van der Waals surface area contributed by atoms with Gasteiger partial charge in [-0.15, -0.1) is 0 Å². The van der Waals surface area contributed by atoms with Gasteiger partial charge in [0.2, 0.25) is 0 Å². The highest BCUT2D eigenvalue weighted by Gasteiger charge is 2.12. The molecule has 0 N–H and O–H groups in total. The number of hydrogen-bond acceptors (Lipinski definition) is 5. The van der Waals surface area contributed by atoms with Crippen molar-refractivity contribution in [2.24, 2.45) is 0 Å². The molecule has 0 saturated heterocycles. The van der Waals surface area contributed by atoms with E-state index in [0.717, 1.165) is 12.8 Å². The van der Waals surface area contributed by atoms with Crippen LogP contribution in [0.4, 0.5) is 4.79 Å². The maximum atomic E-state index is 12.0. The van der Waals surface area contributed by atoms with Crippen molar-refractivity contribution in [2.45, 2.75) is 52.6 Å². The van der Waals surface area contributed by atoms with Crippen molar-refractivity contribution < 1.29 is 23.8 Å². The molecule has 5 nitrogen and oxygen atoms in total. The van der Waals surface area contributed by atoms with Gasteiger partial charge in [-0.25, -0.2) is 9.59 Å². The third-order valence-electron chi connectivity index (χ3n) is 3.27. The highest BCUT2D eigenvalue weighted by Crippen LogP contribution is 2.11. The van der Waals surface area contributed by atoms with Gasteiger partial charge in [0.05, 0.1) is 24.9 Å². The molecule has 0 aliphatic rings. The Balaban J connectivity index is 2.29. The Bertz CT molecular complexity index is 481. The quantitative estimate of drug-likeness (QED) is 0.505. The van der Waals surface area contributed by atoms with Crippen molar-refractivity contribution >= 4 is 12.1 Å². The maximum Gasteiger partial charge on any atom is 0.508 e. The highest BCUT2D eigenvalue weighted by atomic mass is 16.7. The first-order valence-electron chi connectivity index (χ1n) is 8.16. The van der Waals surface area contributed by atoms with Crippen LogP contribution in [0.1, 0.15) is 56.0 Å². The summed E-state index contributed by atoms with van der Waals surface area (Å²) in [4.78, 5) is 23.0. The monoisotopic (exact) mass is 322 g/mol. The van der Waals surface area contributed by atoms with Crippen LogP contribution < -0.4 is 0 Å². The van der Waals surface area contributed by atoms with E-state index in [0.29, 0.717) is 25.0 Å². The van der Waals surface area contributed by atoms with Gasteiger partial charge in [0, 0.05) is 0 Å². The summed E-state index contributed by atoms with van der Waals surface area (Å²) in [6.45, 7) is 6.22. The largest absolute Gasteiger partial charge is 0.508 e. The molecule has 0 spiro atoms. The van der Waals surface area contributed by atoms with Gasteiger partial charge in [-0.05, 0) is 50.8 Å². The second-order valence-electron chi connectivity index (χ2n) is 5.34. The minimum Gasteiger partial charge on any atom is -0.459 e. The summed E-state index contributed by atoms with van der Waals surface area (Å²) in [6, 6.07) is 7.50. The topological polar surface area (TPSA) is 61.8 Å². The Morgan fingerprint density at radius 3 is 2.39 bits per heavy atom. The van der Waals surface area contributed by atoms with E-state index in [4.69, 9.17) is 9.47 Å². The Hall–Kier alpha value is -2.04. The summed E-state index contributed by atoms with van der Waals surface area (Å²) in [7, 11) is 0. The summed E-state index contributed by atoms with van der Waals surface area (Å²) in [5.74, 6) is -0.327. The molecule has 0 aliphatic heterocycles. The molecule has 0 bridgehead atoms. The van der Waals surface area contributed by atoms with Gasteiger partial charge >= 0.3 is 12.1 Å². The zero-order chi connectivity index (χ0) is 17.1. The van der Waals surface area contributed by atoms with Crippen molar-refractivity contribution in [3.05, 3.63) is 35.4 Å². The number of aryl methyl sites for hydroxylation is 1. The van der Waals surface area contributed by atoms with Gasteiger partial charge in [-0.1, -0.05) is 25.5 Å². The predicted molar refractivity (Wildman–Crippen MR) is 87.5 cm³/mol. The van der Waals surface area contributed by atoms with E-state index in [1.807, 2.05) is 19.1 Å². The second kappa shape index (κ2) is 10.6. The third-order valence-corrected chi connectivity index (χ3v) is 3.27. The Labute approximate surface area is 137 Å². The average Bonchev–Trinajstić information content (AvgIpc) is 2.53. The van der Waals surface area contributed by atoms with Crippen LogP contribution in [0.25, 0.3) is 0 Å². The molecule has 128 valence electrons. The van der Waals surface area contributed by atoms with Crippen molar-refractivity contribution in [1.82, 2.24) is 0 Å². The number of carbonyl (C=O) groups excluding carboxylic acids is 2. The zero-order valence-electron chi connectivity index (χ0n) is 14.2. The van der Waals surface area contributed by atoms with Crippen molar-refractivity contribution in [3.8, 4) is 0 Å². The van der Waals surface area contributed by atoms with E-state index in [9.17, 15) is 9.59 Å². The summed E-state index contributed by atoms with van der Waals surface area (Å²) in [5, 5.41) is 0. The van der Waals surface area contributed by atoms with E-state index in [2.05, 4.69) is 11.7 Å². The lowest BCUT2D eigenvalue weighted by Crippen LogP contribution is -2.16. The SMILES string of the molecule is CCCc1ccc(C(=O)OC(C)CCCOC(=O)OCC)cc1. The van der Waals surface area contributed by atoms with Crippen LogP contribution in [0, 0.1) is 0 Å². The molecule has 0 amide bonds. The second-order valence-corrected chi connectivity index (χ2v) is 5.34. The van der Waals surface area contributed by atoms with Crippen LogP contribution in [0.15, 0.2) is 24.3 Å². The molecule has 0 saturated carbocycles. The molecule has 5 heteroatoms. The van der Waals surface area contributed by atoms with Crippen LogP contribution in [0.2, 0.25) is 0 Å². The molecule has 0 aliphatic carbocycles. The van der Waals surface area contributed by atoms with E-state index < -0.39 is 6.16 Å². The first-order chi connectivity index (χ1) is 11.1. The van der Waals surface area contributed by atoms with Crippen LogP contribution >= 0.6 is 0 Å². The van der Waals surface area contributed by atoms with Crippen LogP contribution in [-0.2, 0) is 20.6 Å². The molecule has 0 heterocycles. The third kappa shape index (κ3) is 7.68. The van der Waals surface area contributed by atoms with Gasteiger partial charge in [0.1, 0.15) is 0 Å². The summed E-state index contributed by atoms with van der Waals surface area (Å²) >= 11 is 0.